The van der Waals surface area contributed by atoms with Crippen LogP contribution >= 0.6 is 15.9 Å². The van der Waals surface area contributed by atoms with E-state index in [1.165, 1.54) is 0 Å². The van der Waals surface area contributed by atoms with Crippen molar-refractivity contribution in [1.82, 2.24) is 10.6 Å². The Morgan fingerprint density at radius 3 is 2.68 bits per heavy atom. The van der Waals surface area contributed by atoms with E-state index < -0.39 is 23.8 Å². The molecule has 0 aromatic heterocycles. The molecule has 6 nitrogen and oxygen atoms in total. The number of carboxylic acids is 1. The van der Waals surface area contributed by atoms with Crippen molar-refractivity contribution in [3.63, 3.8) is 0 Å². The van der Waals surface area contributed by atoms with Crippen LogP contribution in [0.2, 0.25) is 0 Å². The van der Waals surface area contributed by atoms with Crippen molar-refractivity contribution < 1.29 is 19.5 Å². The van der Waals surface area contributed by atoms with Gasteiger partial charge in [-0.1, -0.05) is 34.1 Å². The standard InChI is InChI=1S/C15H17BrN2O4/c1-2-3-7-12(15(21)22)18-13(19)9-17-14(20)10-5-4-6-11(16)8-10/h2-6,8,12H,7,9H2,1H3,(H,17,20)(H,18,19)(H,21,22)/b3-2+. The SMILES string of the molecule is C/C=C/CC(NC(=O)CNC(=O)c1cccc(Br)c1)C(=O)O. The van der Waals surface area contributed by atoms with Crippen molar-refractivity contribution in [2.75, 3.05) is 6.54 Å². The van der Waals surface area contributed by atoms with Crippen LogP contribution in [0, 0.1) is 0 Å². The van der Waals surface area contributed by atoms with Crippen LogP contribution in [0.4, 0.5) is 0 Å². The first-order valence-corrected chi connectivity index (χ1v) is 7.40. The number of benzene rings is 1. The molecule has 1 aromatic carbocycles. The summed E-state index contributed by atoms with van der Waals surface area (Å²) in [7, 11) is 0. The highest BCUT2D eigenvalue weighted by Crippen LogP contribution is 2.11. The van der Waals surface area contributed by atoms with E-state index in [9.17, 15) is 14.4 Å². The number of hydrogen-bond acceptors (Lipinski definition) is 3. The molecule has 22 heavy (non-hydrogen) atoms. The number of halogens is 1. The molecule has 1 rings (SSSR count). The van der Waals surface area contributed by atoms with Crippen molar-refractivity contribution in [3.8, 4) is 0 Å². The lowest BCUT2D eigenvalue weighted by atomic mass is 10.2. The van der Waals surface area contributed by atoms with Gasteiger partial charge in [-0.25, -0.2) is 4.79 Å². The Hall–Kier alpha value is -2.15. The molecule has 0 radical (unpaired) electrons. The van der Waals surface area contributed by atoms with Gasteiger partial charge in [0, 0.05) is 10.0 Å². The van der Waals surface area contributed by atoms with E-state index in [1.54, 1.807) is 43.3 Å². The third kappa shape index (κ3) is 6.09. The van der Waals surface area contributed by atoms with Crippen molar-refractivity contribution in [2.45, 2.75) is 19.4 Å². The highest BCUT2D eigenvalue weighted by Gasteiger charge is 2.18. The molecule has 7 heteroatoms. The summed E-state index contributed by atoms with van der Waals surface area (Å²) >= 11 is 3.25. The topological polar surface area (TPSA) is 95.5 Å². The number of carbonyl (C=O) groups excluding carboxylic acids is 2. The van der Waals surface area contributed by atoms with Crippen LogP contribution in [0.15, 0.2) is 40.9 Å². The maximum atomic E-state index is 11.9. The summed E-state index contributed by atoms with van der Waals surface area (Å²) in [6.07, 6.45) is 3.55. The van der Waals surface area contributed by atoms with Crippen molar-refractivity contribution in [3.05, 3.63) is 46.5 Å². The van der Waals surface area contributed by atoms with Gasteiger partial charge in [0.2, 0.25) is 5.91 Å². The molecule has 0 saturated heterocycles. The van der Waals surface area contributed by atoms with Gasteiger partial charge in [-0.2, -0.15) is 0 Å². The summed E-state index contributed by atoms with van der Waals surface area (Å²) in [4.78, 5) is 34.6. The van der Waals surface area contributed by atoms with E-state index in [2.05, 4.69) is 26.6 Å². The predicted octanol–water partition coefficient (Wildman–Crippen LogP) is 1.71. The van der Waals surface area contributed by atoms with E-state index in [4.69, 9.17) is 5.11 Å². The monoisotopic (exact) mass is 368 g/mol. The molecule has 118 valence electrons. The molecular formula is C15H17BrN2O4. The quantitative estimate of drug-likeness (QED) is 0.638. The maximum Gasteiger partial charge on any atom is 0.326 e. The molecule has 3 N–H and O–H groups in total. The summed E-state index contributed by atoms with van der Waals surface area (Å²) in [6, 6.07) is 5.72. The Kier molecular flexibility index (Phi) is 7.31. The first-order chi connectivity index (χ1) is 10.4. The lowest BCUT2D eigenvalue weighted by Crippen LogP contribution is -2.45. The first kappa shape index (κ1) is 17.9. The van der Waals surface area contributed by atoms with E-state index in [1.807, 2.05) is 0 Å². The van der Waals surface area contributed by atoms with Crippen molar-refractivity contribution in [1.29, 1.82) is 0 Å². The predicted molar refractivity (Wildman–Crippen MR) is 85.5 cm³/mol. The van der Waals surface area contributed by atoms with E-state index in [0.717, 1.165) is 4.47 Å². The Labute approximate surface area is 136 Å². The fraction of sp³-hybridized carbons (Fsp3) is 0.267. The van der Waals surface area contributed by atoms with Crippen LogP contribution in [0.5, 0.6) is 0 Å². The minimum absolute atomic E-state index is 0.192. The second-order valence-corrected chi connectivity index (χ2v) is 5.37. The van der Waals surface area contributed by atoms with Gasteiger partial charge in [0.25, 0.3) is 5.91 Å². The number of nitrogens with one attached hydrogen (secondary N) is 2. The molecule has 0 heterocycles. The molecular weight excluding hydrogens is 352 g/mol. The summed E-state index contributed by atoms with van der Waals surface area (Å²) in [5, 5.41) is 13.8. The molecule has 0 aliphatic rings. The Bertz CT molecular complexity index is 587. The highest BCUT2D eigenvalue weighted by atomic mass is 79.9. The zero-order valence-corrected chi connectivity index (χ0v) is 13.6. The second kappa shape index (κ2) is 8.99. The molecule has 0 saturated carbocycles. The maximum absolute atomic E-state index is 11.9. The number of allylic oxidation sites excluding steroid dienone is 1. The van der Waals surface area contributed by atoms with Crippen molar-refractivity contribution in [2.24, 2.45) is 0 Å². The summed E-state index contributed by atoms with van der Waals surface area (Å²) in [5.41, 5.74) is 0.408. The fourth-order valence-corrected chi connectivity index (χ4v) is 2.03. The third-order valence-corrected chi connectivity index (χ3v) is 3.23. The summed E-state index contributed by atoms with van der Waals surface area (Å²) in [6.45, 7) is 1.48. The van der Waals surface area contributed by atoms with Crippen molar-refractivity contribution >= 4 is 33.7 Å². The number of rotatable bonds is 7. The number of amides is 2. The van der Waals surface area contributed by atoms with Crippen LogP contribution in [0.1, 0.15) is 23.7 Å². The van der Waals surface area contributed by atoms with Gasteiger partial charge in [0.1, 0.15) is 6.04 Å². The average molecular weight is 369 g/mol. The zero-order chi connectivity index (χ0) is 16.5. The number of carboxylic acid groups (broad SMARTS) is 1. The normalized spacial score (nSPS) is 11.9. The molecule has 2 amide bonds. The largest absolute Gasteiger partial charge is 0.480 e. The van der Waals surface area contributed by atoms with Crippen LogP contribution in [0.25, 0.3) is 0 Å². The average Bonchev–Trinajstić information content (AvgIpc) is 2.48. The first-order valence-electron chi connectivity index (χ1n) is 6.61. The number of carbonyl (C=O) groups is 3. The zero-order valence-electron chi connectivity index (χ0n) is 12.0. The van der Waals surface area contributed by atoms with E-state index >= 15 is 0 Å². The minimum Gasteiger partial charge on any atom is -0.480 e. The van der Waals surface area contributed by atoms with Gasteiger partial charge in [-0.05, 0) is 31.5 Å². The Balaban J connectivity index is 2.51. The van der Waals surface area contributed by atoms with Crippen LogP contribution in [-0.4, -0.2) is 35.5 Å². The smallest absolute Gasteiger partial charge is 0.326 e. The Morgan fingerprint density at radius 2 is 2.09 bits per heavy atom. The second-order valence-electron chi connectivity index (χ2n) is 4.46. The van der Waals surface area contributed by atoms with Gasteiger partial charge in [0.15, 0.2) is 0 Å². The van der Waals surface area contributed by atoms with Crippen LogP contribution in [0.3, 0.4) is 0 Å². The van der Waals surface area contributed by atoms with Gasteiger partial charge in [-0.15, -0.1) is 0 Å². The molecule has 1 unspecified atom stereocenters. The molecule has 0 aliphatic heterocycles. The minimum atomic E-state index is -1.12. The van der Waals surface area contributed by atoms with E-state index in [-0.39, 0.29) is 13.0 Å². The van der Waals surface area contributed by atoms with E-state index in [0.29, 0.717) is 5.56 Å². The fourth-order valence-electron chi connectivity index (χ4n) is 1.63. The van der Waals surface area contributed by atoms with Gasteiger partial charge in [-0.3, -0.25) is 9.59 Å². The van der Waals surface area contributed by atoms with Crippen LogP contribution < -0.4 is 10.6 Å². The molecule has 1 aromatic rings. The summed E-state index contributed by atoms with van der Waals surface area (Å²) < 4.78 is 0.752. The Morgan fingerprint density at radius 1 is 1.36 bits per heavy atom. The van der Waals surface area contributed by atoms with Crippen LogP contribution in [-0.2, 0) is 9.59 Å². The van der Waals surface area contributed by atoms with Gasteiger partial charge >= 0.3 is 5.97 Å². The number of hydrogen-bond donors (Lipinski definition) is 3. The third-order valence-electron chi connectivity index (χ3n) is 2.74. The van der Waals surface area contributed by atoms with Gasteiger partial charge < -0.3 is 15.7 Å². The van der Waals surface area contributed by atoms with Gasteiger partial charge in [0.05, 0.1) is 6.54 Å². The number of aliphatic carboxylic acids is 1. The highest BCUT2D eigenvalue weighted by molar-refractivity contribution is 9.10. The lowest BCUT2D eigenvalue weighted by molar-refractivity contribution is -0.141. The molecule has 0 bridgehead atoms. The molecule has 0 aliphatic carbocycles. The lowest BCUT2D eigenvalue weighted by Gasteiger charge is -2.13. The summed E-state index contributed by atoms with van der Waals surface area (Å²) in [5.74, 6) is -2.08. The molecule has 0 spiro atoms. The molecule has 0 fully saturated rings. The molecule has 1 atom stereocenters.